The van der Waals surface area contributed by atoms with Gasteiger partial charge in [-0.3, -0.25) is 0 Å². The maximum Gasteiger partial charge on any atom is 0.416 e. The second-order valence-electron chi connectivity index (χ2n) is 11.9. The van der Waals surface area contributed by atoms with Crippen LogP contribution in [0, 0.1) is 5.82 Å². The molecule has 1 aromatic heterocycles. The molecule has 3 aromatic carbocycles. The van der Waals surface area contributed by atoms with E-state index in [0.29, 0.717) is 36.3 Å². The van der Waals surface area contributed by atoms with Crippen LogP contribution >= 0.6 is 11.6 Å². The maximum atomic E-state index is 15.9. The molecule has 0 saturated heterocycles. The Hall–Kier alpha value is -4.14. The highest BCUT2D eigenvalue weighted by Gasteiger charge is 2.39. The number of aromatic nitrogens is 2. The number of nitrogens with zero attached hydrogens (tertiary/aromatic N) is 4. The molecule has 1 heterocycles. The van der Waals surface area contributed by atoms with E-state index < -0.39 is 32.5 Å². The number of nitrogens with one attached hydrogen (secondary N) is 1. The maximum absolute atomic E-state index is 15.9. The highest BCUT2D eigenvalue weighted by atomic mass is 35.5. The molecule has 0 amide bonds. The minimum absolute atomic E-state index is 0.0109. The van der Waals surface area contributed by atoms with E-state index in [4.69, 9.17) is 21.1 Å². The largest absolute Gasteiger partial charge is 0.497 e. The topological polar surface area (TPSA) is 96.9 Å². The third-order valence-corrected chi connectivity index (χ3v) is 10.8. The van der Waals surface area contributed by atoms with E-state index in [-0.39, 0.29) is 46.6 Å². The normalized spacial score (nSPS) is 18.3. The Balaban J connectivity index is 1.43. The summed E-state index contributed by atoms with van der Waals surface area (Å²) < 4.78 is 97.3. The number of methoxy groups -OCH3 is 2. The fourth-order valence-electron chi connectivity index (χ4n) is 6.29. The number of sulfonamides is 1. The first-order chi connectivity index (χ1) is 23.2. The van der Waals surface area contributed by atoms with Crippen LogP contribution in [-0.2, 0) is 22.7 Å². The molecule has 262 valence electrons. The highest BCUT2D eigenvalue weighted by molar-refractivity contribution is 7.92. The third kappa shape index (κ3) is 7.86. The van der Waals surface area contributed by atoms with E-state index in [1.54, 1.807) is 24.3 Å². The minimum Gasteiger partial charge on any atom is -0.497 e. The number of rotatable bonds is 11. The second-order valence-corrected chi connectivity index (χ2v) is 14.1. The molecule has 0 unspecified atom stereocenters. The first-order valence-electron chi connectivity index (χ1n) is 15.3. The van der Waals surface area contributed by atoms with Gasteiger partial charge in [-0.1, -0.05) is 29.8 Å². The Morgan fingerprint density at radius 3 is 2.43 bits per heavy atom. The lowest BCUT2D eigenvalue weighted by molar-refractivity contribution is -0.138. The second kappa shape index (κ2) is 14.8. The van der Waals surface area contributed by atoms with Gasteiger partial charge < -0.3 is 19.7 Å². The molecule has 49 heavy (non-hydrogen) atoms. The molecular weight excluding hydrogens is 686 g/mol. The van der Waals surface area contributed by atoms with Crippen molar-refractivity contribution in [1.82, 2.24) is 14.9 Å². The number of anilines is 2. The molecule has 0 aliphatic heterocycles. The predicted molar refractivity (Wildman–Crippen MR) is 179 cm³/mol. The minimum atomic E-state index is -4.61. The van der Waals surface area contributed by atoms with E-state index >= 15 is 4.39 Å². The molecule has 1 aliphatic rings. The van der Waals surface area contributed by atoms with Crippen molar-refractivity contribution in [3.63, 3.8) is 0 Å². The molecule has 1 saturated carbocycles. The van der Waals surface area contributed by atoms with Crippen molar-refractivity contribution in [2.75, 3.05) is 37.9 Å². The molecule has 4 aromatic rings. The zero-order chi connectivity index (χ0) is 35.5. The van der Waals surface area contributed by atoms with Gasteiger partial charge in [0.25, 0.3) is 10.0 Å². The number of halogens is 5. The molecule has 1 fully saturated rings. The molecule has 1 aliphatic carbocycles. The van der Waals surface area contributed by atoms with Gasteiger partial charge in [0, 0.05) is 36.0 Å². The van der Waals surface area contributed by atoms with Gasteiger partial charge in [0.05, 0.1) is 37.0 Å². The van der Waals surface area contributed by atoms with Crippen LogP contribution in [0.5, 0.6) is 11.5 Å². The first-order valence-corrected chi connectivity index (χ1v) is 17.1. The summed E-state index contributed by atoms with van der Waals surface area (Å²) in [5, 5.41) is 3.20. The number of likely N-dealkylation sites (N-methyl/N-ethyl adjacent to an activating group) is 1. The monoisotopic (exact) mass is 721 g/mol. The van der Waals surface area contributed by atoms with Crippen LogP contribution in [0.3, 0.4) is 0 Å². The summed E-state index contributed by atoms with van der Waals surface area (Å²) >= 11 is 6.63. The van der Waals surface area contributed by atoms with Crippen LogP contribution < -0.4 is 19.1 Å². The van der Waals surface area contributed by atoms with Gasteiger partial charge in [-0.15, -0.1) is 0 Å². The number of hydrogen-bond acceptors (Lipinski definition) is 8. The van der Waals surface area contributed by atoms with Gasteiger partial charge in [-0.2, -0.15) is 13.2 Å². The molecule has 0 spiro atoms. The zero-order valence-electron chi connectivity index (χ0n) is 27.2. The average molecular weight is 722 g/mol. The quantitative estimate of drug-likeness (QED) is 0.160. The highest BCUT2D eigenvalue weighted by Crippen LogP contribution is 2.43. The molecule has 3 atom stereocenters. The SMILES string of the molecule is COc1ccc(CN(c2ccncn2)S(=O)(=O)c2cc(Cl)c(N[C@H]3CC[C@H](c4ccccc4C(F)(F)F)C[C@@H]3N(C)C)cc2F)c(OC)c1. The van der Waals surface area contributed by atoms with Crippen molar-refractivity contribution in [3.05, 3.63) is 101 Å². The average Bonchev–Trinajstić information content (AvgIpc) is 3.08. The fraction of sp³-hybridized carbons (Fsp3) is 0.353. The van der Waals surface area contributed by atoms with Crippen molar-refractivity contribution < 1.29 is 35.5 Å². The smallest absolute Gasteiger partial charge is 0.416 e. The summed E-state index contributed by atoms with van der Waals surface area (Å²) in [6, 6.07) is 13.4. The molecule has 0 radical (unpaired) electrons. The lowest BCUT2D eigenvalue weighted by Gasteiger charge is -2.41. The summed E-state index contributed by atoms with van der Waals surface area (Å²) in [4.78, 5) is 9.22. The number of ether oxygens (including phenoxy) is 2. The fourth-order valence-corrected chi connectivity index (χ4v) is 8.05. The lowest BCUT2D eigenvalue weighted by Crippen LogP contribution is -2.47. The van der Waals surface area contributed by atoms with Gasteiger partial charge >= 0.3 is 6.18 Å². The van der Waals surface area contributed by atoms with Gasteiger partial charge in [-0.25, -0.2) is 27.1 Å². The molecule has 15 heteroatoms. The molecule has 9 nitrogen and oxygen atoms in total. The van der Waals surface area contributed by atoms with Crippen LogP contribution in [0.2, 0.25) is 5.02 Å². The third-order valence-electron chi connectivity index (χ3n) is 8.75. The Morgan fingerprint density at radius 2 is 1.78 bits per heavy atom. The van der Waals surface area contributed by atoms with Gasteiger partial charge in [0.1, 0.15) is 34.4 Å². The van der Waals surface area contributed by atoms with E-state index in [2.05, 4.69) is 15.3 Å². The Bertz CT molecular complexity index is 1880. The van der Waals surface area contributed by atoms with E-state index in [1.807, 2.05) is 19.0 Å². The van der Waals surface area contributed by atoms with E-state index in [1.165, 1.54) is 44.9 Å². The van der Waals surface area contributed by atoms with Gasteiger partial charge in [0.2, 0.25) is 0 Å². The van der Waals surface area contributed by atoms with Gasteiger partial charge in [-0.05, 0) is 75.2 Å². The summed E-state index contributed by atoms with van der Waals surface area (Å²) in [5.41, 5.74) is 0.222. The first kappa shape index (κ1) is 36.1. The number of benzene rings is 3. The van der Waals surface area contributed by atoms with Crippen molar-refractivity contribution in [3.8, 4) is 11.5 Å². The number of hydrogen-bond donors (Lipinski definition) is 1. The Labute approximate surface area is 287 Å². The molecular formula is C34H36ClF4N5O4S. The Morgan fingerprint density at radius 1 is 1.02 bits per heavy atom. The van der Waals surface area contributed by atoms with Crippen molar-refractivity contribution in [1.29, 1.82) is 0 Å². The molecule has 1 N–H and O–H groups in total. The van der Waals surface area contributed by atoms with Crippen molar-refractivity contribution >= 4 is 33.1 Å². The van der Waals surface area contributed by atoms with Gasteiger partial charge in [0.15, 0.2) is 0 Å². The van der Waals surface area contributed by atoms with Crippen LogP contribution in [-0.4, -0.2) is 63.7 Å². The Kier molecular flexibility index (Phi) is 10.9. The summed E-state index contributed by atoms with van der Waals surface area (Å²) in [5.74, 6) is -0.571. The molecule has 0 bridgehead atoms. The van der Waals surface area contributed by atoms with Crippen molar-refractivity contribution in [2.24, 2.45) is 0 Å². The van der Waals surface area contributed by atoms with E-state index in [9.17, 15) is 21.6 Å². The van der Waals surface area contributed by atoms with Crippen LogP contribution in [0.4, 0.5) is 29.1 Å². The van der Waals surface area contributed by atoms with Crippen molar-refractivity contribution in [2.45, 2.75) is 54.9 Å². The summed E-state index contributed by atoms with van der Waals surface area (Å²) in [6.45, 7) is -0.269. The van der Waals surface area contributed by atoms with E-state index in [0.717, 1.165) is 22.5 Å². The lowest BCUT2D eigenvalue weighted by atomic mass is 9.76. The zero-order valence-corrected chi connectivity index (χ0v) is 28.8. The summed E-state index contributed by atoms with van der Waals surface area (Å²) in [7, 11) is 1.97. The van der Waals surface area contributed by atoms with Crippen LogP contribution in [0.1, 0.15) is 41.9 Å². The molecule has 5 rings (SSSR count). The van der Waals surface area contributed by atoms with Crippen LogP contribution in [0.25, 0.3) is 0 Å². The standard InChI is InChI=1S/C34H36ClF4N5O4S/c1-43(2)30-15-21(24-7-5-6-8-25(24)34(37,38)39)10-12-28(30)42-29-18-27(36)32(17-26(29)35)49(45,46)44(33-13-14-40-20-41-33)19-22-9-11-23(47-3)16-31(22)48-4/h5-9,11,13-14,16-18,20-21,28,30,42H,10,12,15,19H2,1-4H3/t21-,28-,30-/m0/s1. The number of alkyl halides is 3. The predicted octanol–water partition coefficient (Wildman–Crippen LogP) is 7.38. The van der Waals surface area contributed by atoms with Crippen LogP contribution in [0.15, 0.2) is 78.1 Å². The summed E-state index contributed by atoms with van der Waals surface area (Å²) in [6.07, 6.45) is -0.613.